The Balaban J connectivity index is 1.79. The summed E-state index contributed by atoms with van der Waals surface area (Å²) in [5, 5.41) is 0. The second-order valence-corrected chi connectivity index (χ2v) is 6.92. The summed E-state index contributed by atoms with van der Waals surface area (Å²) in [5.41, 5.74) is 7.57. The first-order valence-electron chi connectivity index (χ1n) is 8.04. The molecule has 0 spiro atoms. The van der Waals surface area contributed by atoms with E-state index in [1.165, 1.54) is 38.0 Å². The largest absolute Gasteiger partial charge is 0.324 e. The molecule has 1 aromatic carbocycles. The van der Waals surface area contributed by atoms with Gasteiger partial charge in [0.2, 0.25) is 0 Å². The number of nitrogens with zero attached hydrogens (tertiary/aromatic N) is 2. The molecule has 1 aromatic rings. The van der Waals surface area contributed by atoms with E-state index in [-0.39, 0.29) is 6.04 Å². The zero-order valence-corrected chi connectivity index (χ0v) is 14.8. The number of benzene rings is 1. The van der Waals surface area contributed by atoms with Crippen molar-refractivity contribution in [3.8, 4) is 0 Å². The van der Waals surface area contributed by atoms with Crippen molar-refractivity contribution >= 4 is 15.9 Å². The third kappa shape index (κ3) is 4.78. The third-order valence-electron chi connectivity index (χ3n) is 4.73. The summed E-state index contributed by atoms with van der Waals surface area (Å²) < 4.78 is 1.12. The Kier molecular flexibility index (Phi) is 6.68. The van der Waals surface area contributed by atoms with Gasteiger partial charge in [0.1, 0.15) is 0 Å². The average Bonchev–Trinajstić information content (AvgIpc) is 2.52. The topological polar surface area (TPSA) is 32.5 Å². The molecule has 1 saturated heterocycles. The van der Waals surface area contributed by atoms with E-state index < -0.39 is 0 Å². The molecule has 0 amide bonds. The van der Waals surface area contributed by atoms with Crippen molar-refractivity contribution < 1.29 is 0 Å². The smallest absolute Gasteiger partial charge is 0.0318 e. The minimum Gasteiger partial charge on any atom is -0.324 e. The summed E-state index contributed by atoms with van der Waals surface area (Å²) in [6.45, 7) is 6.98. The molecule has 4 heteroatoms. The van der Waals surface area contributed by atoms with Crippen LogP contribution in [-0.2, 0) is 0 Å². The van der Waals surface area contributed by atoms with Crippen molar-refractivity contribution in [3.05, 3.63) is 34.3 Å². The van der Waals surface area contributed by atoms with Gasteiger partial charge in [-0.3, -0.25) is 0 Å². The van der Waals surface area contributed by atoms with Crippen LogP contribution in [0, 0.1) is 0 Å². The van der Waals surface area contributed by atoms with E-state index in [1.807, 2.05) is 6.07 Å². The minimum atomic E-state index is 0.110. The van der Waals surface area contributed by atoms with Crippen molar-refractivity contribution in [2.45, 2.75) is 38.3 Å². The second-order valence-electron chi connectivity index (χ2n) is 6.06. The number of rotatable bonds is 6. The van der Waals surface area contributed by atoms with Gasteiger partial charge in [0.25, 0.3) is 0 Å². The molecule has 1 aliphatic rings. The van der Waals surface area contributed by atoms with E-state index >= 15 is 0 Å². The van der Waals surface area contributed by atoms with Gasteiger partial charge >= 0.3 is 0 Å². The van der Waals surface area contributed by atoms with Crippen molar-refractivity contribution in [2.75, 3.05) is 33.2 Å². The highest BCUT2D eigenvalue weighted by molar-refractivity contribution is 9.10. The molecule has 118 valence electrons. The van der Waals surface area contributed by atoms with Crippen molar-refractivity contribution in [1.82, 2.24) is 9.80 Å². The standard InChI is InChI=1S/C17H28BrN3/c1-3-21-12-8-14(9-13-21)20(2)11-10-17(19)15-6-4-5-7-16(15)18/h4-7,14,17H,3,8-13,19H2,1-2H3. The van der Waals surface area contributed by atoms with Gasteiger partial charge < -0.3 is 15.5 Å². The number of nitrogens with two attached hydrogens (primary N) is 1. The number of hydrogen-bond acceptors (Lipinski definition) is 3. The van der Waals surface area contributed by atoms with Crippen molar-refractivity contribution in [2.24, 2.45) is 5.73 Å². The van der Waals surface area contributed by atoms with Gasteiger partial charge in [0.15, 0.2) is 0 Å². The van der Waals surface area contributed by atoms with Gasteiger partial charge in [-0.1, -0.05) is 41.1 Å². The molecule has 1 unspecified atom stereocenters. The van der Waals surface area contributed by atoms with Gasteiger partial charge in [0.05, 0.1) is 0 Å². The van der Waals surface area contributed by atoms with E-state index in [0.29, 0.717) is 0 Å². The molecule has 1 aliphatic heterocycles. The molecule has 1 fully saturated rings. The lowest BCUT2D eigenvalue weighted by molar-refractivity contribution is 0.129. The predicted octanol–water partition coefficient (Wildman–Crippen LogP) is 3.26. The molecular weight excluding hydrogens is 326 g/mol. The van der Waals surface area contributed by atoms with E-state index in [9.17, 15) is 0 Å². The normalized spacial score (nSPS) is 19.1. The van der Waals surface area contributed by atoms with Crippen LogP contribution in [0.25, 0.3) is 0 Å². The van der Waals surface area contributed by atoms with E-state index in [1.54, 1.807) is 0 Å². The first-order chi connectivity index (χ1) is 10.1. The maximum Gasteiger partial charge on any atom is 0.0318 e. The summed E-state index contributed by atoms with van der Waals surface area (Å²) in [4.78, 5) is 5.04. The third-order valence-corrected chi connectivity index (χ3v) is 5.45. The van der Waals surface area contributed by atoms with Crippen LogP contribution in [-0.4, -0.2) is 49.1 Å². The lowest BCUT2D eigenvalue weighted by Crippen LogP contribution is -2.43. The van der Waals surface area contributed by atoms with Crippen LogP contribution in [0.5, 0.6) is 0 Å². The minimum absolute atomic E-state index is 0.110. The van der Waals surface area contributed by atoms with Gasteiger partial charge in [0, 0.05) is 16.6 Å². The maximum atomic E-state index is 6.35. The Labute approximate surface area is 137 Å². The van der Waals surface area contributed by atoms with Gasteiger partial charge in [-0.2, -0.15) is 0 Å². The predicted molar refractivity (Wildman–Crippen MR) is 93.5 cm³/mol. The molecule has 2 N–H and O–H groups in total. The molecule has 0 saturated carbocycles. The highest BCUT2D eigenvalue weighted by Crippen LogP contribution is 2.24. The maximum absolute atomic E-state index is 6.35. The first kappa shape index (κ1) is 16.9. The summed E-state index contributed by atoms with van der Waals surface area (Å²) in [5.74, 6) is 0. The van der Waals surface area contributed by atoms with E-state index in [0.717, 1.165) is 23.5 Å². The van der Waals surface area contributed by atoms with Gasteiger partial charge in [-0.15, -0.1) is 0 Å². The Morgan fingerprint density at radius 1 is 1.33 bits per heavy atom. The van der Waals surface area contributed by atoms with Crippen molar-refractivity contribution in [1.29, 1.82) is 0 Å². The SMILES string of the molecule is CCN1CCC(N(C)CCC(N)c2ccccc2Br)CC1. The molecule has 3 nitrogen and oxygen atoms in total. The fraction of sp³-hybridized carbons (Fsp3) is 0.647. The van der Waals surface area contributed by atoms with Crippen LogP contribution in [0.3, 0.4) is 0 Å². The summed E-state index contributed by atoms with van der Waals surface area (Å²) in [6, 6.07) is 9.12. The molecule has 0 aliphatic carbocycles. The highest BCUT2D eigenvalue weighted by atomic mass is 79.9. The molecular formula is C17H28BrN3. The number of halogens is 1. The Morgan fingerprint density at radius 2 is 2.00 bits per heavy atom. The van der Waals surface area contributed by atoms with Crippen LogP contribution in [0.4, 0.5) is 0 Å². The van der Waals surface area contributed by atoms with Gasteiger partial charge in [-0.05, 0) is 64.1 Å². The van der Waals surface area contributed by atoms with E-state index in [2.05, 4.69) is 57.9 Å². The molecule has 0 aromatic heterocycles. The zero-order valence-electron chi connectivity index (χ0n) is 13.3. The number of piperidine rings is 1. The lowest BCUT2D eigenvalue weighted by atomic mass is 10.0. The van der Waals surface area contributed by atoms with Crippen molar-refractivity contribution in [3.63, 3.8) is 0 Å². The number of hydrogen-bond donors (Lipinski definition) is 1. The van der Waals surface area contributed by atoms with Crippen LogP contribution >= 0.6 is 15.9 Å². The fourth-order valence-corrected chi connectivity index (χ4v) is 3.71. The van der Waals surface area contributed by atoms with Crippen LogP contribution in [0.2, 0.25) is 0 Å². The quantitative estimate of drug-likeness (QED) is 0.851. The molecule has 0 bridgehead atoms. The second kappa shape index (κ2) is 8.28. The first-order valence-corrected chi connectivity index (χ1v) is 8.83. The Bertz CT molecular complexity index is 430. The zero-order chi connectivity index (χ0) is 15.2. The monoisotopic (exact) mass is 353 g/mol. The Morgan fingerprint density at radius 3 is 2.62 bits per heavy atom. The van der Waals surface area contributed by atoms with E-state index in [4.69, 9.17) is 5.73 Å². The summed E-state index contributed by atoms with van der Waals surface area (Å²) >= 11 is 3.60. The molecule has 0 radical (unpaired) electrons. The van der Waals surface area contributed by atoms with Gasteiger partial charge in [-0.25, -0.2) is 0 Å². The average molecular weight is 354 g/mol. The lowest BCUT2D eigenvalue weighted by Gasteiger charge is -2.36. The molecule has 1 heterocycles. The highest BCUT2D eigenvalue weighted by Gasteiger charge is 2.22. The molecule has 2 rings (SSSR count). The molecule has 21 heavy (non-hydrogen) atoms. The summed E-state index contributed by atoms with van der Waals surface area (Å²) in [6.07, 6.45) is 3.58. The molecule has 1 atom stereocenters. The fourth-order valence-electron chi connectivity index (χ4n) is 3.13. The summed E-state index contributed by atoms with van der Waals surface area (Å²) in [7, 11) is 2.25. The van der Waals surface area contributed by atoms with Crippen LogP contribution < -0.4 is 5.73 Å². The number of likely N-dealkylation sites (tertiary alicyclic amines) is 1. The van der Waals surface area contributed by atoms with Crippen LogP contribution in [0.1, 0.15) is 37.8 Å². The Hall–Kier alpha value is -0.420. The van der Waals surface area contributed by atoms with Crippen LogP contribution in [0.15, 0.2) is 28.7 Å².